The van der Waals surface area contributed by atoms with Gasteiger partial charge in [-0.2, -0.15) is 0 Å². The van der Waals surface area contributed by atoms with Crippen LogP contribution in [-0.2, 0) is 19.4 Å². The molecule has 2 aromatic heterocycles. The molecule has 0 bridgehead atoms. The van der Waals surface area contributed by atoms with Crippen LogP contribution in [0.3, 0.4) is 0 Å². The lowest BCUT2D eigenvalue weighted by Crippen LogP contribution is -2.26. The highest BCUT2D eigenvalue weighted by atomic mass is 79.9. The molecule has 19 heavy (non-hydrogen) atoms. The normalized spacial score (nSPS) is 14.2. The quantitative estimate of drug-likeness (QED) is 0.924. The molecule has 98 valence electrons. The van der Waals surface area contributed by atoms with Crippen molar-refractivity contribution in [2.45, 2.75) is 26.3 Å². The van der Waals surface area contributed by atoms with Crippen LogP contribution in [0, 0.1) is 0 Å². The van der Waals surface area contributed by atoms with Crippen LogP contribution in [0.1, 0.15) is 23.9 Å². The summed E-state index contributed by atoms with van der Waals surface area (Å²) < 4.78 is 0.967. The Balaban J connectivity index is 2.09. The molecule has 0 fully saturated rings. The first-order chi connectivity index (χ1) is 9.28. The first kappa shape index (κ1) is 12.7. The zero-order chi connectivity index (χ0) is 13.2. The van der Waals surface area contributed by atoms with Crippen LogP contribution in [-0.4, -0.2) is 21.5 Å². The predicted molar refractivity (Wildman–Crippen MR) is 77.8 cm³/mol. The second-order valence-electron chi connectivity index (χ2n) is 4.56. The Morgan fingerprint density at radius 3 is 2.95 bits per heavy atom. The van der Waals surface area contributed by atoms with Crippen LogP contribution in [0.4, 0.5) is 0 Å². The second kappa shape index (κ2) is 5.35. The van der Waals surface area contributed by atoms with E-state index in [1.807, 2.05) is 12.1 Å². The van der Waals surface area contributed by atoms with Gasteiger partial charge in [0.15, 0.2) is 5.82 Å². The fraction of sp³-hybridized carbons (Fsp3) is 0.357. The molecule has 0 aliphatic carbocycles. The largest absolute Gasteiger partial charge is 0.312 e. The lowest BCUT2D eigenvalue weighted by Gasteiger charge is -2.19. The van der Waals surface area contributed by atoms with Gasteiger partial charge in [-0.25, -0.2) is 9.97 Å². The second-order valence-corrected chi connectivity index (χ2v) is 5.48. The van der Waals surface area contributed by atoms with Gasteiger partial charge < -0.3 is 5.32 Å². The maximum Gasteiger partial charge on any atom is 0.178 e. The first-order valence-electron chi connectivity index (χ1n) is 6.49. The molecule has 4 nitrogen and oxygen atoms in total. The van der Waals surface area contributed by atoms with Crippen molar-refractivity contribution in [2.75, 3.05) is 6.54 Å². The molecule has 1 N–H and O–H groups in total. The summed E-state index contributed by atoms with van der Waals surface area (Å²) in [5.74, 6) is 0.741. The minimum atomic E-state index is 0.741. The van der Waals surface area contributed by atoms with E-state index in [9.17, 15) is 0 Å². The van der Waals surface area contributed by atoms with Crippen molar-refractivity contribution < 1.29 is 0 Å². The van der Waals surface area contributed by atoms with Crippen LogP contribution < -0.4 is 5.32 Å². The Labute approximate surface area is 120 Å². The Morgan fingerprint density at radius 1 is 1.32 bits per heavy atom. The minimum absolute atomic E-state index is 0.741. The summed E-state index contributed by atoms with van der Waals surface area (Å²) in [6, 6.07) is 3.92. The number of rotatable bonds is 2. The van der Waals surface area contributed by atoms with Crippen molar-refractivity contribution in [2.24, 2.45) is 0 Å². The van der Waals surface area contributed by atoms with E-state index in [0.717, 1.165) is 47.6 Å². The van der Waals surface area contributed by atoms with E-state index in [2.05, 4.69) is 38.1 Å². The number of aryl methyl sites for hydroxylation is 1. The van der Waals surface area contributed by atoms with Crippen LogP contribution in [0.15, 0.2) is 22.8 Å². The molecule has 3 heterocycles. The zero-order valence-corrected chi connectivity index (χ0v) is 12.4. The molecular formula is C14H15BrN4. The number of fused-ring (bicyclic) bond motifs is 1. The third-order valence-electron chi connectivity index (χ3n) is 3.31. The van der Waals surface area contributed by atoms with Crippen molar-refractivity contribution in [1.29, 1.82) is 0 Å². The van der Waals surface area contributed by atoms with Gasteiger partial charge in [0.05, 0.1) is 5.69 Å². The van der Waals surface area contributed by atoms with Crippen molar-refractivity contribution in [3.05, 3.63) is 39.8 Å². The van der Waals surface area contributed by atoms with Gasteiger partial charge in [0, 0.05) is 41.4 Å². The van der Waals surface area contributed by atoms with Gasteiger partial charge in [0.25, 0.3) is 0 Å². The summed E-state index contributed by atoms with van der Waals surface area (Å²) in [5, 5.41) is 3.38. The van der Waals surface area contributed by atoms with E-state index >= 15 is 0 Å². The number of aromatic nitrogens is 3. The molecule has 0 unspecified atom stereocenters. The lowest BCUT2D eigenvalue weighted by atomic mass is 10.0. The Hall–Kier alpha value is -1.33. The topological polar surface area (TPSA) is 50.7 Å². The highest BCUT2D eigenvalue weighted by Gasteiger charge is 2.17. The molecule has 0 saturated heterocycles. The lowest BCUT2D eigenvalue weighted by molar-refractivity contribution is 0.618. The van der Waals surface area contributed by atoms with Crippen LogP contribution >= 0.6 is 15.9 Å². The molecular weight excluding hydrogens is 304 g/mol. The van der Waals surface area contributed by atoms with Gasteiger partial charge in [-0.1, -0.05) is 6.92 Å². The monoisotopic (exact) mass is 318 g/mol. The van der Waals surface area contributed by atoms with Crippen LogP contribution in [0.2, 0.25) is 0 Å². The highest BCUT2D eigenvalue weighted by Crippen LogP contribution is 2.21. The number of nitrogens with zero attached hydrogens (tertiary/aromatic N) is 3. The third kappa shape index (κ3) is 2.53. The van der Waals surface area contributed by atoms with Gasteiger partial charge in [0.1, 0.15) is 5.69 Å². The van der Waals surface area contributed by atoms with E-state index in [1.54, 1.807) is 6.20 Å². The number of hydrogen-bond donors (Lipinski definition) is 1. The number of halogens is 1. The first-order valence-corrected chi connectivity index (χ1v) is 7.28. The van der Waals surface area contributed by atoms with Gasteiger partial charge in [-0.3, -0.25) is 4.98 Å². The molecule has 0 radical (unpaired) electrons. The molecule has 0 atom stereocenters. The van der Waals surface area contributed by atoms with E-state index in [-0.39, 0.29) is 0 Å². The molecule has 0 aromatic carbocycles. The minimum Gasteiger partial charge on any atom is -0.312 e. The summed E-state index contributed by atoms with van der Waals surface area (Å²) in [5.41, 5.74) is 4.41. The molecule has 0 amide bonds. The maximum absolute atomic E-state index is 4.69. The molecule has 0 saturated carbocycles. The SMILES string of the molecule is CCc1nc(-c2ccc(Br)cn2)nc2c1CNCC2. The van der Waals surface area contributed by atoms with E-state index in [0.29, 0.717) is 0 Å². The van der Waals surface area contributed by atoms with Gasteiger partial charge in [-0.15, -0.1) is 0 Å². The Bertz CT molecular complexity index is 578. The Kier molecular flexibility index (Phi) is 3.57. The molecule has 1 aliphatic rings. The fourth-order valence-electron chi connectivity index (χ4n) is 2.33. The van der Waals surface area contributed by atoms with Gasteiger partial charge in [0.2, 0.25) is 0 Å². The standard InChI is InChI=1S/C14H15BrN4/c1-2-11-10-8-16-6-5-12(10)19-14(18-11)13-4-3-9(15)7-17-13/h3-4,7,16H,2,5-6,8H2,1H3. The van der Waals surface area contributed by atoms with Crippen molar-refractivity contribution >= 4 is 15.9 Å². The van der Waals surface area contributed by atoms with Crippen molar-refractivity contribution in [1.82, 2.24) is 20.3 Å². The third-order valence-corrected chi connectivity index (χ3v) is 3.78. The van der Waals surface area contributed by atoms with Crippen LogP contribution in [0.5, 0.6) is 0 Å². The Morgan fingerprint density at radius 2 is 2.21 bits per heavy atom. The summed E-state index contributed by atoms with van der Waals surface area (Å²) in [7, 11) is 0. The summed E-state index contributed by atoms with van der Waals surface area (Å²) >= 11 is 3.39. The number of nitrogens with one attached hydrogen (secondary N) is 1. The number of pyridine rings is 1. The smallest absolute Gasteiger partial charge is 0.178 e. The average molecular weight is 319 g/mol. The zero-order valence-electron chi connectivity index (χ0n) is 10.8. The molecule has 2 aromatic rings. The van der Waals surface area contributed by atoms with Gasteiger partial charge in [-0.05, 0) is 34.5 Å². The van der Waals surface area contributed by atoms with E-state index in [4.69, 9.17) is 4.98 Å². The fourth-order valence-corrected chi connectivity index (χ4v) is 2.56. The summed E-state index contributed by atoms with van der Waals surface area (Å²) in [6.45, 7) is 4.00. The van der Waals surface area contributed by atoms with Gasteiger partial charge >= 0.3 is 0 Å². The summed E-state index contributed by atoms with van der Waals surface area (Å²) in [4.78, 5) is 13.8. The molecule has 3 rings (SSSR count). The molecule has 0 spiro atoms. The van der Waals surface area contributed by atoms with Crippen molar-refractivity contribution in [3.8, 4) is 11.5 Å². The van der Waals surface area contributed by atoms with Crippen LogP contribution in [0.25, 0.3) is 11.5 Å². The van der Waals surface area contributed by atoms with E-state index in [1.165, 1.54) is 11.3 Å². The van der Waals surface area contributed by atoms with Crippen molar-refractivity contribution in [3.63, 3.8) is 0 Å². The molecule has 5 heteroatoms. The predicted octanol–water partition coefficient (Wildman–Crippen LogP) is 2.51. The molecule has 1 aliphatic heterocycles. The highest BCUT2D eigenvalue weighted by molar-refractivity contribution is 9.10. The maximum atomic E-state index is 4.69. The average Bonchev–Trinajstić information content (AvgIpc) is 2.47. The summed E-state index contributed by atoms with van der Waals surface area (Å²) in [6.07, 6.45) is 3.68. The number of hydrogen-bond acceptors (Lipinski definition) is 4. The van der Waals surface area contributed by atoms with E-state index < -0.39 is 0 Å².